The summed E-state index contributed by atoms with van der Waals surface area (Å²) in [7, 11) is 0. The first kappa shape index (κ1) is 13.9. The summed E-state index contributed by atoms with van der Waals surface area (Å²) in [5.74, 6) is 0. The Hall–Kier alpha value is -0.160. The number of hydrogen-bond donors (Lipinski definition) is 2. The maximum Gasteiger partial charge on any atom is 0.0771 e. The van der Waals surface area contributed by atoms with Gasteiger partial charge in [-0.15, -0.1) is 0 Å². The van der Waals surface area contributed by atoms with Crippen molar-refractivity contribution in [1.29, 1.82) is 0 Å². The van der Waals surface area contributed by atoms with Gasteiger partial charge in [-0.05, 0) is 19.8 Å². The zero-order valence-electron chi connectivity index (χ0n) is 10.6. The van der Waals surface area contributed by atoms with Crippen LogP contribution in [0.15, 0.2) is 0 Å². The maximum atomic E-state index is 9.30. The zero-order chi connectivity index (χ0) is 11.8. The average Bonchev–Trinajstić information content (AvgIpc) is 2.28. The summed E-state index contributed by atoms with van der Waals surface area (Å²) in [6.07, 6.45) is 1.54. The number of ether oxygens (including phenoxy) is 1. The Balaban J connectivity index is 1.94. The van der Waals surface area contributed by atoms with E-state index in [9.17, 15) is 5.11 Å². The lowest BCUT2D eigenvalue weighted by molar-refractivity contribution is 0.0306. The quantitative estimate of drug-likeness (QED) is 0.624. The van der Waals surface area contributed by atoms with E-state index in [2.05, 4.69) is 17.1 Å². The first-order valence-electron chi connectivity index (χ1n) is 6.44. The van der Waals surface area contributed by atoms with E-state index in [4.69, 9.17) is 4.74 Å². The number of nitrogens with one attached hydrogen (secondary N) is 1. The van der Waals surface area contributed by atoms with Crippen LogP contribution in [-0.4, -0.2) is 61.5 Å². The molecule has 0 radical (unpaired) electrons. The van der Waals surface area contributed by atoms with Crippen LogP contribution in [0.2, 0.25) is 0 Å². The van der Waals surface area contributed by atoms with Crippen LogP contribution in [0.25, 0.3) is 0 Å². The summed E-state index contributed by atoms with van der Waals surface area (Å²) in [5, 5.41) is 12.7. The molecule has 0 amide bonds. The number of rotatable bonds is 7. The van der Waals surface area contributed by atoms with E-state index in [1.165, 1.54) is 0 Å². The normalized spacial score (nSPS) is 24.6. The van der Waals surface area contributed by atoms with Gasteiger partial charge in [0.2, 0.25) is 0 Å². The van der Waals surface area contributed by atoms with E-state index < -0.39 is 0 Å². The fourth-order valence-corrected chi connectivity index (χ4v) is 1.94. The van der Waals surface area contributed by atoms with Gasteiger partial charge in [0.25, 0.3) is 0 Å². The Morgan fingerprint density at radius 3 is 3.06 bits per heavy atom. The molecule has 1 aliphatic rings. The predicted molar refractivity (Wildman–Crippen MR) is 65.6 cm³/mol. The number of piperazine rings is 1. The molecule has 0 aliphatic carbocycles. The Bertz CT molecular complexity index is 178. The van der Waals surface area contributed by atoms with Gasteiger partial charge >= 0.3 is 0 Å². The molecule has 0 spiro atoms. The molecule has 0 aromatic heterocycles. The highest BCUT2D eigenvalue weighted by Gasteiger charge is 2.14. The summed E-state index contributed by atoms with van der Waals surface area (Å²) < 4.78 is 5.41. The Labute approximate surface area is 99.0 Å². The van der Waals surface area contributed by atoms with E-state index in [0.717, 1.165) is 45.6 Å². The van der Waals surface area contributed by atoms with Crippen LogP contribution in [0.1, 0.15) is 26.7 Å². The van der Waals surface area contributed by atoms with Crippen LogP contribution in [0, 0.1) is 0 Å². The molecule has 2 atom stereocenters. The third-order valence-corrected chi connectivity index (χ3v) is 3.00. The second-order valence-corrected chi connectivity index (χ2v) is 4.65. The molecule has 2 N–H and O–H groups in total. The van der Waals surface area contributed by atoms with Crippen LogP contribution in [-0.2, 0) is 4.74 Å². The van der Waals surface area contributed by atoms with Crippen molar-refractivity contribution in [2.75, 3.05) is 39.4 Å². The fraction of sp³-hybridized carbons (Fsp3) is 1.00. The van der Waals surface area contributed by atoms with E-state index in [1.54, 1.807) is 0 Å². The molecule has 1 aliphatic heterocycles. The van der Waals surface area contributed by atoms with Gasteiger partial charge in [-0.2, -0.15) is 0 Å². The molecular weight excluding hydrogens is 204 g/mol. The molecule has 4 heteroatoms. The van der Waals surface area contributed by atoms with Gasteiger partial charge in [0, 0.05) is 38.8 Å². The highest BCUT2D eigenvalue weighted by Crippen LogP contribution is 2.00. The molecule has 16 heavy (non-hydrogen) atoms. The summed E-state index contributed by atoms with van der Waals surface area (Å²) in [4.78, 5) is 2.47. The van der Waals surface area contributed by atoms with Gasteiger partial charge in [-0.3, -0.25) is 0 Å². The molecule has 4 nitrogen and oxygen atoms in total. The lowest BCUT2D eigenvalue weighted by atomic mass is 10.2. The maximum absolute atomic E-state index is 9.30. The molecule has 1 saturated heterocycles. The van der Waals surface area contributed by atoms with Gasteiger partial charge in [-0.1, -0.05) is 6.92 Å². The molecule has 0 bridgehead atoms. The standard InChI is InChI=1S/C12H26N2O2/c1-3-12(15)10-16-8-4-6-14-7-5-13-11(2)9-14/h11-13,15H,3-10H2,1-2H3. The Kier molecular flexibility index (Phi) is 6.96. The van der Waals surface area contributed by atoms with E-state index in [1.807, 2.05) is 6.92 Å². The second-order valence-electron chi connectivity index (χ2n) is 4.65. The number of aliphatic hydroxyl groups excluding tert-OH is 1. The highest BCUT2D eigenvalue weighted by molar-refractivity contribution is 4.74. The minimum absolute atomic E-state index is 0.292. The average molecular weight is 230 g/mol. The lowest BCUT2D eigenvalue weighted by Gasteiger charge is -2.31. The third-order valence-electron chi connectivity index (χ3n) is 3.00. The number of aliphatic hydroxyl groups is 1. The van der Waals surface area contributed by atoms with Crippen molar-refractivity contribution < 1.29 is 9.84 Å². The van der Waals surface area contributed by atoms with Crippen molar-refractivity contribution in [1.82, 2.24) is 10.2 Å². The predicted octanol–water partition coefficient (Wildman–Crippen LogP) is 0.458. The zero-order valence-corrected chi connectivity index (χ0v) is 10.6. The van der Waals surface area contributed by atoms with Gasteiger partial charge in [0.1, 0.15) is 0 Å². The minimum Gasteiger partial charge on any atom is -0.391 e. The monoisotopic (exact) mass is 230 g/mol. The van der Waals surface area contributed by atoms with Crippen molar-refractivity contribution in [3.63, 3.8) is 0 Å². The number of nitrogens with zero attached hydrogens (tertiary/aromatic N) is 1. The van der Waals surface area contributed by atoms with Crippen molar-refractivity contribution in [2.24, 2.45) is 0 Å². The highest BCUT2D eigenvalue weighted by atomic mass is 16.5. The summed E-state index contributed by atoms with van der Waals surface area (Å²) >= 11 is 0. The van der Waals surface area contributed by atoms with E-state index in [-0.39, 0.29) is 6.10 Å². The van der Waals surface area contributed by atoms with Crippen molar-refractivity contribution in [3.05, 3.63) is 0 Å². The van der Waals surface area contributed by atoms with Crippen molar-refractivity contribution >= 4 is 0 Å². The summed E-state index contributed by atoms with van der Waals surface area (Å²) in [5.41, 5.74) is 0. The van der Waals surface area contributed by atoms with Crippen LogP contribution in [0.5, 0.6) is 0 Å². The van der Waals surface area contributed by atoms with Crippen molar-refractivity contribution in [3.8, 4) is 0 Å². The first-order valence-corrected chi connectivity index (χ1v) is 6.44. The van der Waals surface area contributed by atoms with Gasteiger partial charge in [-0.25, -0.2) is 0 Å². The molecule has 2 unspecified atom stereocenters. The lowest BCUT2D eigenvalue weighted by Crippen LogP contribution is -2.49. The van der Waals surface area contributed by atoms with Crippen LogP contribution >= 0.6 is 0 Å². The molecule has 0 aromatic carbocycles. The molecule has 1 heterocycles. The summed E-state index contributed by atoms with van der Waals surface area (Å²) in [6.45, 7) is 9.91. The summed E-state index contributed by atoms with van der Waals surface area (Å²) in [6, 6.07) is 0.608. The molecule has 1 fully saturated rings. The molecule has 96 valence electrons. The van der Waals surface area contributed by atoms with Crippen LogP contribution < -0.4 is 5.32 Å². The Morgan fingerprint density at radius 1 is 1.56 bits per heavy atom. The Morgan fingerprint density at radius 2 is 2.38 bits per heavy atom. The van der Waals surface area contributed by atoms with Crippen LogP contribution in [0.4, 0.5) is 0 Å². The first-order chi connectivity index (χ1) is 7.72. The van der Waals surface area contributed by atoms with Gasteiger partial charge in [0.15, 0.2) is 0 Å². The SMILES string of the molecule is CCC(O)COCCCN1CCNC(C)C1. The third kappa shape index (κ3) is 5.80. The molecule has 0 aromatic rings. The van der Waals surface area contributed by atoms with E-state index in [0.29, 0.717) is 12.6 Å². The van der Waals surface area contributed by atoms with Crippen LogP contribution in [0.3, 0.4) is 0 Å². The van der Waals surface area contributed by atoms with Gasteiger partial charge < -0.3 is 20.1 Å². The molecule has 0 saturated carbocycles. The second kappa shape index (κ2) is 8.01. The largest absolute Gasteiger partial charge is 0.391 e. The molecule has 1 rings (SSSR count). The molecular formula is C12H26N2O2. The van der Waals surface area contributed by atoms with Crippen molar-refractivity contribution in [2.45, 2.75) is 38.8 Å². The minimum atomic E-state index is -0.292. The fourth-order valence-electron chi connectivity index (χ4n) is 1.94. The van der Waals surface area contributed by atoms with Gasteiger partial charge in [0.05, 0.1) is 12.7 Å². The van der Waals surface area contributed by atoms with E-state index >= 15 is 0 Å². The topological polar surface area (TPSA) is 44.7 Å². The number of hydrogen-bond acceptors (Lipinski definition) is 4. The smallest absolute Gasteiger partial charge is 0.0771 e.